The minimum atomic E-state index is -2.99. The standard InChI is InChI=1S/C8H15FO2S/c1-2-12(10,11)8-5-3-4-7(9)6-8/h7-8H,2-6H2,1H3. The van der Waals surface area contributed by atoms with Crippen LogP contribution in [0.4, 0.5) is 4.39 Å². The van der Waals surface area contributed by atoms with Crippen LogP contribution < -0.4 is 0 Å². The van der Waals surface area contributed by atoms with Gasteiger partial charge in [-0.1, -0.05) is 6.92 Å². The van der Waals surface area contributed by atoms with E-state index in [-0.39, 0.29) is 12.2 Å². The molecule has 2 unspecified atom stereocenters. The van der Waals surface area contributed by atoms with Crippen molar-refractivity contribution in [3.05, 3.63) is 0 Å². The monoisotopic (exact) mass is 194 g/mol. The summed E-state index contributed by atoms with van der Waals surface area (Å²) in [4.78, 5) is 0. The van der Waals surface area contributed by atoms with Crippen molar-refractivity contribution in [3.8, 4) is 0 Å². The lowest BCUT2D eigenvalue weighted by molar-refractivity contribution is 0.252. The summed E-state index contributed by atoms with van der Waals surface area (Å²) in [6.07, 6.45) is 1.22. The molecular formula is C8H15FO2S. The van der Waals surface area contributed by atoms with Crippen molar-refractivity contribution in [3.63, 3.8) is 0 Å². The van der Waals surface area contributed by atoms with Crippen LogP contribution in [0.1, 0.15) is 32.6 Å². The van der Waals surface area contributed by atoms with Crippen molar-refractivity contribution in [2.24, 2.45) is 0 Å². The van der Waals surface area contributed by atoms with Crippen molar-refractivity contribution in [1.82, 2.24) is 0 Å². The molecular weight excluding hydrogens is 179 g/mol. The van der Waals surface area contributed by atoms with E-state index in [4.69, 9.17) is 0 Å². The molecule has 0 aliphatic heterocycles. The first-order valence-electron chi connectivity index (χ1n) is 4.42. The highest BCUT2D eigenvalue weighted by atomic mass is 32.2. The predicted octanol–water partition coefficient (Wildman–Crippen LogP) is 1.70. The zero-order chi connectivity index (χ0) is 9.19. The maximum atomic E-state index is 12.8. The fourth-order valence-electron chi connectivity index (χ4n) is 1.65. The van der Waals surface area contributed by atoms with E-state index in [0.717, 1.165) is 0 Å². The molecule has 0 aromatic heterocycles. The third kappa shape index (κ3) is 2.19. The van der Waals surface area contributed by atoms with Gasteiger partial charge in [-0.15, -0.1) is 0 Å². The normalized spacial score (nSPS) is 31.8. The summed E-state index contributed by atoms with van der Waals surface area (Å²) >= 11 is 0. The molecule has 1 aliphatic rings. The maximum Gasteiger partial charge on any atom is 0.153 e. The molecule has 1 aliphatic carbocycles. The molecule has 0 radical (unpaired) electrons. The van der Waals surface area contributed by atoms with Crippen LogP contribution in [0, 0.1) is 0 Å². The van der Waals surface area contributed by atoms with E-state index < -0.39 is 21.3 Å². The molecule has 0 amide bonds. The van der Waals surface area contributed by atoms with Crippen molar-refractivity contribution in [1.29, 1.82) is 0 Å². The van der Waals surface area contributed by atoms with Gasteiger partial charge in [0.2, 0.25) is 0 Å². The van der Waals surface area contributed by atoms with Crippen molar-refractivity contribution >= 4 is 9.84 Å². The van der Waals surface area contributed by atoms with Crippen LogP contribution in [0.3, 0.4) is 0 Å². The first kappa shape index (κ1) is 9.96. The molecule has 1 rings (SSSR count). The predicted molar refractivity (Wildman–Crippen MR) is 46.6 cm³/mol. The Hall–Kier alpha value is -0.120. The second-order valence-electron chi connectivity index (χ2n) is 3.34. The Morgan fingerprint density at radius 1 is 1.42 bits per heavy atom. The Labute approximate surface area is 73.1 Å². The van der Waals surface area contributed by atoms with Crippen LogP contribution in [-0.2, 0) is 9.84 Å². The molecule has 72 valence electrons. The summed E-state index contributed by atoms with van der Waals surface area (Å²) in [6, 6.07) is 0. The quantitative estimate of drug-likeness (QED) is 0.670. The number of halogens is 1. The number of sulfone groups is 1. The third-order valence-corrected chi connectivity index (χ3v) is 4.72. The van der Waals surface area contributed by atoms with Crippen LogP contribution in [0.2, 0.25) is 0 Å². The zero-order valence-corrected chi connectivity index (χ0v) is 8.11. The molecule has 0 aromatic carbocycles. The molecule has 0 saturated heterocycles. The molecule has 0 aromatic rings. The Bertz CT molecular complexity index is 235. The Morgan fingerprint density at radius 3 is 2.58 bits per heavy atom. The number of hydrogen-bond donors (Lipinski definition) is 0. The molecule has 0 bridgehead atoms. The van der Waals surface area contributed by atoms with E-state index in [1.165, 1.54) is 0 Å². The van der Waals surface area contributed by atoms with Crippen molar-refractivity contribution in [2.45, 2.75) is 44.0 Å². The van der Waals surface area contributed by atoms with Gasteiger partial charge in [0.1, 0.15) is 6.17 Å². The summed E-state index contributed by atoms with van der Waals surface area (Å²) in [5, 5.41) is -0.411. The van der Waals surface area contributed by atoms with Gasteiger partial charge in [0.25, 0.3) is 0 Å². The fraction of sp³-hybridized carbons (Fsp3) is 1.00. The first-order valence-corrected chi connectivity index (χ1v) is 6.13. The van der Waals surface area contributed by atoms with Crippen LogP contribution in [-0.4, -0.2) is 25.6 Å². The molecule has 2 atom stereocenters. The van der Waals surface area contributed by atoms with Crippen molar-refractivity contribution < 1.29 is 12.8 Å². The number of alkyl halides is 1. The number of rotatable bonds is 2. The van der Waals surface area contributed by atoms with Gasteiger partial charge >= 0.3 is 0 Å². The summed E-state index contributed by atoms with van der Waals surface area (Å²) < 4.78 is 35.5. The van der Waals surface area contributed by atoms with Crippen molar-refractivity contribution in [2.75, 3.05) is 5.75 Å². The van der Waals surface area contributed by atoms with Gasteiger partial charge in [-0.2, -0.15) is 0 Å². The lowest BCUT2D eigenvalue weighted by Gasteiger charge is -2.23. The smallest absolute Gasteiger partial charge is 0.153 e. The first-order chi connectivity index (χ1) is 5.56. The fourth-order valence-corrected chi connectivity index (χ4v) is 3.15. The van der Waals surface area contributed by atoms with Crippen LogP contribution in [0.5, 0.6) is 0 Å². The van der Waals surface area contributed by atoms with E-state index in [0.29, 0.717) is 19.3 Å². The molecule has 1 saturated carbocycles. The van der Waals surface area contributed by atoms with Crippen LogP contribution >= 0.6 is 0 Å². The number of hydrogen-bond acceptors (Lipinski definition) is 2. The van der Waals surface area contributed by atoms with Gasteiger partial charge in [-0.05, 0) is 25.7 Å². The molecule has 12 heavy (non-hydrogen) atoms. The molecule has 0 N–H and O–H groups in total. The average Bonchev–Trinajstić information content (AvgIpc) is 2.05. The van der Waals surface area contributed by atoms with E-state index in [1.807, 2.05) is 0 Å². The average molecular weight is 194 g/mol. The minimum Gasteiger partial charge on any atom is -0.247 e. The highest BCUT2D eigenvalue weighted by Gasteiger charge is 2.30. The largest absolute Gasteiger partial charge is 0.247 e. The van der Waals surface area contributed by atoms with Crippen LogP contribution in [0.15, 0.2) is 0 Å². The lowest BCUT2D eigenvalue weighted by Crippen LogP contribution is -2.30. The van der Waals surface area contributed by atoms with E-state index in [9.17, 15) is 12.8 Å². The summed E-state index contributed by atoms with van der Waals surface area (Å²) in [5.74, 6) is 0.143. The molecule has 0 spiro atoms. The summed E-state index contributed by atoms with van der Waals surface area (Å²) in [7, 11) is -2.99. The van der Waals surface area contributed by atoms with Gasteiger partial charge in [-0.25, -0.2) is 12.8 Å². The van der Waals surface area contributed by atoms with Gasteiger partial charge in [-0.3, -0.25) is 0 Å². The van der Waals surface area contributed by atoms with E-state index >= 15 is 0 Å². The van der Waals surface area contributed by atoms with Crippen LogP contribution in [0.25, 0.3) is 0 Å². The van der Waals surface area contributed by atoms with Gasteiger partial charge in [0.05, 0.1) is 5.25 Å². The third-order valence-electron chi connectivity index (χ3n) is 2.47. The second-order valence-corrected chi connectivity index (χ2v) is 5.91. The highest BCUT2D eigenvalue weighted by molar-refractivity contribution is 7.92. The summed E-state index contributed by atoms with van der Waals surface area (Å²) in [5.41, 5.74) is 0. The molecule has 2 nitrogen and oxygen atoms in total. The topological polar surface area (TPSA) is 34.1 Å². The Morgan fingerprint density at radius 2 is 2.08 bits per heavy atom. The maximum absolute atomic E-state index is 12.8. The Kier molecular flexibility index (Phi) is 3.09. The Balaban J connectivity index is 2.63. The van der Waals surface area contributed by atoms with E-state index in [2.05, 4.69) is 0 Å². The SMILES string of the molecule is CCS(=O)(=O)C1CCCC(F)C1. The lowest BCUT2D eigenvalue weighted by atomic mass is 9.98. The molecule has 4 heteroatoms. The van der Waals surface area contributed by atoms with E-state index in [1.54, 1.807) is 6.92 Å². The van der Waals surface area contributed by atoms with Gasteiger partial charge in [0.15, 0.2) is 9.84 Å². The molecule has 1 fully saturated rings. The molecule has 0 heterocycles. The highest BCUT2D eigenvalue weighted by Crippen LogP contribution is 2.26. The summed E-state index contributed by atoms with van der Waals surface area (Å²) in [6.45, 7) is 1.62. The van der Waals surface area contributed by atoms with Gasteiger partial charge in [0, 0.05) is 5.75 Å². The van der Waals surface area contributed by atoms with Gasteiger partial charge < -0.3 is 0 Å². The zero-order valence-electron chi connectivity index (χ0n) is 7.29. The minimum absolute atomic E-state index is 0.143. The second kappa shape index (κ2) is 3.73.